The molecule has 0 radical (unpaired) electrons. The van der Waals surface area contributed by atoms with Crippen LogP contribution in [0.4, 0.5) is 0 Å². The molecule has 2 fully saturated rings. The number of carbonyl (C=O) groups excluding carboxylic acids is 2. The number of pyridine rings is 1. The van der Waals surface area contributed by atoms with Crippen LogP contribution in [0.2, 0.25) is 0 Å². The van der Waals surface area contributed by atoms with Crippen LogP contribution in [-0.4, -0.2) is 43.1 Å². The van der Waals surface area contributed by atoms with E-state index in [0.29, 0.717) is 6.54 Å². The van der Waals surface area contributed by atoms with E-state index in [9.17, 15) is 14.4 Å². The van der Waals surface area contributed by atoms with Gasteiger partial charge in [-0.15, -0.1) is 0 Å². The topological polar surface area (TPSA) is 89.2 Å². The molecule has 0 atom stereocenters. The summed E-state index contributed by atoms with van der Waals surface area (Å²) in [7, 11) is 1.89. The van der Waals surface area contributed by atoms with Gasteiger partial charge in [-0.2, -0.15) is 5.10 Å². The van der Waals surface area contributed by atoms with Gasteiger partial charge in [0.1, 0.15) is 11.1 Å². The first kappa shape index (κ1) is 25.2. The van der Waals surface area contributed by atoms with E-state index in [1.54, 1.807) is 17.3 Å². The van der Waals surface area contributed by atoms with E-state index in [-0.39, 0.29) is 41.1 Å². The Morgan fingerprint density at radius 2 is 1.69 bits per heavy atom. The van der Waals surface area contributed by atoms with E-state index in [0.717, 1.165) is 55.5 Å². The number of hydrogen-bond acceptors (Lipinski definition) is 4. The molecule has 1 N–H and O–H groups in total. The van der Waals surface area contributed by atoms with Crippen LogP contribution in [0.3, 0.4) is 0 Å². The lowest BCUT2D eigenvalue weighted by Gasteiger charge is -2.27. The van der Waals surface area contributed by atoms with E-state index < -0.39 is 5.43 Å². The molecule has 0 aliphatic heterocycles. The van der Waals surface area contributed by atoms with Crippen molar-refractivity contribution in [3.63, 3.8) is 0 Å². The highest BCUT2D eigenvalue weighted by atomic mass is 16.2. The van der Waals surface area contributed by atoms with Crippen molar-refractivity contribution in [1.82, 2.24) is 24.6 Å². The van der Waals surface area contributed by atoms with E-state index in [2.05, 4.69) is 10.4 Å². The van der Waals surface area contributed by atoms with Crippen molar-refractivity contribution in [1.29, 1.82) is 0 Å². The average molecular weight is 482 g/mol. The van der Waals surface area contributed by atoms with Gasteiger partial charge >= 0.3 is 0 Å². The second-order valence-corrected chi connectivity index (χ2v) is 10.6. The standard InChI is InChI=1S/C27H39N5O3/c1-17(2)32(16-22-18(3)29-30(5)19(22)4)27(35)24-15-31(21-12-13-21)14-23(25(24)33)26(34)28-20-10-8-6-7-9-11-20/h14-15,17,20-21H,6-13,16H2,1-5H3,(H,28,34). The molecule has 4 rings (SSSR count). The molecule has 8 heteroatoms. The molecule has 2 aromatic heterocycles. The SMILES string of the molecule is Cc1nn(C)c(C)c1CN(C(=O)c1cn(C2CC2)cc(C(=O)NC2CCCCCC2)c1=O)C(C)C. The van der Waals surface area contributed by atoms with Crippen LogP contribution in [-0.2, 0) is 13.6 Å². The number of nitrogens with one attached hydrogen (secondary N) is 1. The highest BCUT2D eigenvalue weighted by Crippen LogP contribution is 2.34. The molecular weight excluding hydrogens is 442 g/mol. The maximum atomic E-state index is 13.8. The summed E-state index contributed by atoms with van der Waals surface area (Å²) >= 11 is 0. The van der Waals surface area contributed by atoms with E-state index in [4.69, 9.17) is 0 Å². The molecule has 2 aromatic rings. The Kier molecular flexibility index (Phi) is 7.47. The van der Waals surface area contributed by atoms with Gasteiger partial charge in [0.15, 0.2) is 0 Å². The van der Waals surface area contributed by atoms with Gasteiger partial charge in [-0.05, 0) is 53.4 Å². The predicted octanol–water partition coefficient (Wildman–Crippen LogP) is 4.04. The summed E-state index contributed by atoms with van der Waals surface area (Å²) in [6.45, 7) is 8.17. The number of carbonyl (C=O) groups is 2. The molecule has 2 saturated carbocycles. The van der Waals surface area contributed by atoms with Crippen LogP contribution in [0.5, 0.6) is 0 Å². The zero-order chi connectivity index (χ0) is 25.3. The summed E-state index contributed by atoms with van der Waals surface area (Å²) in [5.41, 5.74) is 2.51. The number of rotatable bonds is 7. The second kappa shape index (κ2) is 10.4. The monoisotopic (exact) mass is 481 g/mol. The van der Waals surface area contributed by atoms with Crippen molar-refractivity contribution < 1.29 is 9.59 Å². The minimum atomic E-state index is -0.483. The minimum absolute atomic E-state index is 0.0679. The van der Waals surface area contributed by atoms with Gasteiger partial charge in [0.05, 0.1) is 5.69 Å². The van der Waals surface area contributed by atoms with Crippen LogP contribution in [0, 0.1) is 13.8 Å². The van der Waals surface area contributed by atoms with Gasteiger partial charge in [0.2, 0.25) is 5.43 Å². The molecule has 2 amide bonds. The number of hydrogen-bond donors (Lipinski definition) is 1. The molecule has 0 bridgehead atoms. The van der Waals surface area contributed by atoms with Crippen LogP contribution >= 0.6 is 0 Å². The van der Waals surface area contributed by atoms with Gasteiger partial charge in [0, 0.05) is 55.4 Å². The van der Waals surface area contributed by atoms with E-state index in [1.807, 2.05) is 44.0 Å². The molecule has 35 heavy (non-hydrogen) atoms. The summed E-state index contributed by atoms with van der Waals surface area (Å²) in [5.74, 6) is -0.702. The Hall–Kier alpha value is -2.90. The van der Waals surface area contributed by atoms with Crippen molar-refractivity contribution in [2.45, 2.75) is 104 Å². The lowest BCUT2D eigenvalue weighted by Crippen LogP contribution is -2.42. The first-order valence-corrected chi connectivity index (χ1v) is 13.0. The van der Waals surface area contributed by atoms with Crippen molar-refractivity contribution in [2.24, 2.45) is 7.05 Å². The van der Waals surface area contributed by atoms with Crippen LogP contribution < -0.4 is 10.7 Å². The molecule has 8 nitrogen and oxygen atoms in total. The fourth-order valence-corrected chi connectivity index (χ4v) is 5.04. The Morgan fingerprint density at radius 3 is 2.23 bits per heavy atom. The molecule has 0 unspecified atom stereocenters. The molecular formula is C27H39N5O3. The van der Waals surface area contributed by atoms with Crippen LogP contribution in [0.25, 0.3) is 0 Å². The summed E-state index contributed by atoms with van der Waals surface area (Å²) in [4.78, 5) is 42.3. The maximum Gasteiger partial charge on any atom is 0.259 e. The molecule has 0 aromatic carbocycles. The fraction of sp³-hybridized carbons (Fsp3) is 0.630. The van der Waals surface area contributed by atoms with Gasteiger partial charge in [0.25, 0.3) is 11.8 Å². The summed E-state index contributed by atoms with van der Waals surface area (Å²) in [5, 5.41) is 7.57. The largest absolute Gasteiger partial charge is 0.349 e. The first-order chi connectivity index (χ1) is 16.7. The highest BCUT2D eigenvalue weighted by molar-refractivity contribution is 5.99. The normalized spacial score (nSPS) is 16.9. The van der Waals surface area contributed by atoms with Gasteiger partial charge in [-0.1, -0.05) is 25.7 Å². The quantitative estimate of drug-likeness (QED) is 0.605. The predicted molar refractivity (Wildman–Crippen MR) is 136 cm³/mol. The van der Waals surface area contributed by atoms with Gasteiger partial charge in [-0.25, -0.2) is 0 Å². The third-order valence-corrected chi connectivity index (χ3v) is 7.55. The summed E-state index contributed by atoms with van der Waals surface area (Å²) in [6.07, 6.45) is 11.7. The minimum Gasteiger partial charge on any atom is -0.349 e. The van der Waals surface area contributed by atoms with Crippen LogP contribution in [0.15, 0.2) is 17.2 Å². The molecule has 2 heterocycles. The van der Waals surface area contributed by atoms with E-state index >= 15 is 0 Å². The molecule has 0 saturated heterocycles. The maximum absolute atomic E-state index is 13.8. The number of aromatic nitrogens is 3. The van der Waals surface area contributed by atoms with Crippen molar-refractivity contribution in [3.05, 3.63) is 50.7 Å². The van der Waals surface area contributed by atoms with Crippen molar-refractivity contribution in [2.75, 3.05) is 0 Å². The number of aryl methyl sites for hydroxylation is 2. The first-order valence-electron chi connectivity index (χ1n) is 13.0. The van der Waals surface area contributed by atoms with Crippen molar-refractivity contribution >= 4 is 11.8 Å². The molecule has 2 aliphatic rings. The van der Waals surface area contributed by atoms with E-state index in [1.165, 1.54) is 12.8 Å². The Balaban J connectivity index is 1.66. The zero-order valence-electron chi connectivity index (χ0n) is 21.8. The third-order valence-electron chi connectivity index (χ3n) is 7.55. The van der Waals surface area contributed by atoms with Crippen LogP contribution in [0.1, 0.15) is 109 Å². The lowest BCUT2D eigenvalue weighted by atomic mass is 10.1. The van der Waals surface area contributed by atoms with Gasteiger partial charge < -0.3 is 14.8 Å². The smallest absolute Gasteiger partial charge is 0.259 e. The Labute approximate surface area is 207 Å². The Morgan fingerprint density at radius 1 is 1.06 bits per heavy atom. The molecule has 190 valence electrons. The average Bonchev–Trinajstić information content (AvgIpc) is 3.64. The van der Waals surface area contributed by atoms with Crippen molar-refractivity contribution in [3.8, 4) is 0 Å². The Bertz CT molecular complexity index is 1150. The molecule has 2 aliphatic carbocycles. The molecule has 0 spiro atoms. The van der Waals surface area contributed by atoms with Gasteiger partial charge in [-0.3, -0.25) is 19.1 Å². The summed E-state index contributed by atoms with van der Waals surface area (Å²) in [6, 6.07) is 0.197. The lowest BCUT2D eigenvalue weighted by molar-refractivity contribution is 0.0687. The second-order valence-electron chi connectivity index (χ2n) is 10.6. The summed E-state index contributed by atoms with van der Waals surface area (Å²) < 4.78 is 3.71. The number of nitrogens with zero attached hydrogens (tertiary/aromatic N) is 4. The highest BCUT2D eigenvalue weighted by Gasteiger charge is 2.30. The number of amides is 2. The zero-order valence-corrected chi connectivity index (χ0v) is 21.8. The fourth-order valence-electron chi connectivity index (χ4n) is 5.04. The third kappa shape index (κ3) is 5.52.